The lowest BCUT2D eigenvalue weighted by molar-refractivity contribution is 0.873. The minimum Gasteiger partial charge on any atom is -0.241 e. The van der Waals surface area contributed by atoms with Crippen LogP contribution >= 0.6 is 11.3 Å². The highest BCUT2D eigenvalue weighted by atomic mass is 32.1. The number of hydrogen-bond donors (Lipinski definition) is 0. The van der Waals surface area contributed by atoms with Crippen LogP contribution in [0.5, 0.6) is 0 Å². The first kappa shape index (κ1) is 10.5. The average Bonchev–Trinajstić information content (AvgIpc) is 2.48. The number of hydrogen-bond acceptors (Lipinski definition) is 2. The van der Waals surface area contributed by atoms with E-state index in [0.717, 1.165) is 23.4 Å². The Bertz CT molecular complexity index is 299. The number of nitrogens with zero attached hydrogens (tertiary/aromatic N) is 1. The van der Waals surface area contributed by atoms with Crippen LogP contribution in [0.25, 0.3) is 5.57 Å². The van der Waals surface area contributed by atoms with E-state index in [2.05, 4.69) is 25.4 Å². The Morgan fingerprint density at radius 1 is 1.46 bits per heavy atom. The Morgan fingerprint density at radius 2 is 2.15 bits per heavy atom. The number of rotatable bonds is 4. The normalized spacial score (nSPS) is 10.4. The zero-order valence-electron chi connectivity index (χ0n) is 8.68. The predicted octanol–water partition coefficient (Wildman–Crippen LogP) is 3.69. The molecule has 0 unspecified atom stereocenters. The summed E-state index contributed by atoms with van der Waals surface area (Å²) in [7, 11) is 0. The third-order valence-electron chi connectivity index (χ3n) is 1.95. The molecule has 0 fully saturated rings. The molecule has 1 rings (SSSR count). The van der Waals surface area contributed by atoms with Gasteiger partial charge in [0.25, 0.3) is 0 Å². The van der Waals surface area contributed by atoms with Crippen LogP contribution in [0.4, 0.5) is 0 Å². The topological polar surface area (TPSA) is 12.9 Å². The Hall–Kier alpha value is -0.630. The van der Waals surface area contributed by atoms with Gasteiger partial charge in [0.15, 0.2) is 0 Å². The fraction of sp³-hybridized carbons (Fsp3) is 0.545. The molecule has 0 saturated carbocycles. The van der Waals surface area contributed by atoms with E-state index < -0.39 is 0 Å². The maximum atomic E-state index is 4.59. The monoisotopic (exact) mass is 195 g/mol. The van der Waals surface area contributed by atoms with Gasteiger partial charge in [-0.15, -0.1) is 11.3 Å². The summed E-state index contributed by atoms with van der Waals surface area (Å²) in [5, 5.41) is 1.11. The summed E-state index contributed by atoms with van der Waals surface area (Å²) in [5.41, 5.74) is 2.37. The van der Waals surface area contributed by atoms with Gasteiger partial charge in [-0.1, -0.05) is 26.8 Å². The Labute approximate surface area is 84.5 Å². The average molecular weight is 195 g/mol. The quantitative estimate of drug-likeness (QED) is 0.714. The minimum absolute atomic E-state index is 1.09. The molecule has 0 aliphatic heterocycles. The molecule has 1 aromatic rings. The van der Waals surface area contributed by atoms with Crippen LogP contribution in [0.2, 0.25) is 0 Å². The van der Waals surface area contributed by atoms with Crippen molar-refractivity contribution >= 4 is 16.9 Å². The number of allylic oxidation sites excluding steroid dienone is 1. The zero-order valence-corrected chi connectivity index (χ0v) is 9.50. The van der Waals surface area contributed by atoms with Crippen molar-refractivity contribution in [2.24, 2.45) is 0 Å². The molecule has 0 amide bonds. The fourth-order valence-electron chi connectivity index (χ4n) is 1.27. The second-order valence-electron chi connectivity index (χ2n) is 3.27. The van der Waals surface area contributed by atoms with Crippen molar-refractivity contribution in [1.29, 1.82) is 0 Å². The first-order valence-electron chi connectivity index (χ1n) is 4.83. The SMILES string of the molecule is C=C(C)c1nc(CCC)c(CC)s1. The summed E-state index contributed by atoms with van der Waals surface area (Å²) in [4.78, 5) is 6.02. The van der Waals surface area contributed by atoms with E-state index in [4.69, 9.17) is 0 Å². The molecule has 0 aliphatic rings. The van der Waals surface area contributed by atoms with Crippen LogP contribution in [0.3, 0.4) is 0 Å². The van der Waals surface area contributed by atoms with Gasteiger partial charge in [-0.3, -0.25) is 0 Å². The lowest BCUT2D eigenvalue weighted by Gasteiger charge is -1.94. The van der Waals surface area contributed by atoms with Gasteiger partial charge in [0, 0.05) is 4.88 Å². The van der Waals surface area contributed by atoms with E-state index >= 15 is 0 Å². The van der Waals surface area contributed by atoms with Crippen LogP contribution in [0.1, 0.15) is 42.8 Å². The summed E-state index contributed by atoms with van der Waals surface area (Å²) < 4.78 is 0. The van der Waals surface area contributed by atoms with Gasteiger partial charge in [-0.2, -0.15) is 0 Å². The molecule has 0 spiro atoms. The van der Waals surface area contributed by atoms with E-state index in [9.17, 15) is 0 Å². The molecule has 0 N–H and O–H groups in total. The highest BCUT2D eigenvalue weighted by Crippen LogP contribution is 2.24. The molecule has 1 heterocycles. The Morgan fingerprint density at radius 3 is 2.62 bits per heavy atom. The standard InChI is InChI=1S/C11H17NS/c1-5-7-9-10(6-2)13-11(12-9)8(3)4/h3,5-7H2,1-2,4H3. The van der Waals surface area contributed by atoms with Crippen LogP contribution in [0, 0.1) is 0 Å². The molecular weight excluding hydrogens is 178 g/mol. The molecular formula is C11H17NS. The Balaban J connectivity index is 2.96. The van der Waals surface area contributed by atoms with Crippen molar-refractivity contribution in [3.63, 3.8) is 0 Å². The van der Waals surface area contributed by atoms with Crippen molar-refractivity contribution in [1.82, 2.24) is 4.98 Å². The number of thiazole rings is 1. The zero-order chi connectivity index (χ0) is 9.84. The van der Waals surface area contributed by atoms with Gasteiger partial charge in [-0.25, -0.2) is 4.98 Å². The predicted molar refractivity (Wildman–Crippen MR) is 60.2 cm³/mol. The summed E-state index contributed by atoms with van der Waals surface area (Å²) in [6.45, 7) is 10.3. The number of aromatic nitrogens is 1. The fourth-order valence-corrected chi connectivity index (χ4v) is 2.25. The summed E-state index contributed by atoms with van der Waals surface area (Å²) in [6, 6.07) is 0. The smallest absolute Gasteiger partial charge is 0.118 e. The minimum atomic E-state index is 1.09. The number of aryl methyl sites for hydroxylation is 2. The largest absolute Gasteiger partial charge is 0.241 e. The highest BCUT2D eigenvalue weighted by Gasteiger charge is 2.08. The van der Waals surface area contributed by atoms with E-state index in [1.54, 1.807) is 11.3 Å². The molecule has 0 aromatic carbocycles. The van der Waals surface area contributed by atoms with Crippen molar-refractivity contribution in [3.05, 3.63) is 22.2 Å². The van der Waals surface area contributed by atoms with Crippen molar-refractivity contribution in [2.45, 2.75) is 40.0 Å². The summed E-state index contributed by atoms with van der Waals surface area (Å²) >= 11 is 1.80. The molecule has 0 bridgehead atoms. The van der Waals surface area contributed by atoms with Crippen LogP contribution in [-0.4, -0.2) is 4.98 Å². The molecule has 1 nitrogen and oxygen atoms in total. The van der Waals surface area contributed by atoms with Crippen molar-refractivity contribution < 1.29 is 0 Å². The first-order chi connectivity index (χ1) is 6.19. The second-order valence-corrected chi connectivity index (χ2v) is 4.36. The first-order valence-corrected chi connectivity index (χ1v) is 5.65. The third-order valence-corrected chi connectivity index (χ3v) is 3.36. The van der Waals surface area contributed by atoms with Gasteiger partial charge in [0.05, 0.1) is 5.69 Å². The van der Waals surface area contributed by atoms with Gasteiger partial charge in [0.1, 0.15) is 5.01 Å². The summed E-state index contributed by atoms with van der Waals surface area (Å²) in [6.07, 6.45) is 3.37. The molecule has 1 aromatic heterocycles. The maximum absolute atomic E-state index is 4.59. The second kappa shape index (κ2) is 4.56. The lowest BCUT2D eigenvalue weighted by atomic mass is 10.2. The molecule has 2 heteroatoms. The van der Waals surface area contributed by atoms with Gasteiger partial charge in [-0.05, 0) is 25.3 Å². The van der Waals surface area contributed by atoms with E-state index in [1.165, 1.54) is 17.0 Å². The van der Waals surface area contributed by atoms with Gasteiger partial charge < -0.3 is 0 Å². The van der Waals surface area contributed by atoms with Crippen molar-refractivity contribution in [2.75, 3.05) is 0 Å². The van der Waals surface area contributed by atoms with Crippen LogP contribution in [-0.2, 0) is 12.8 Å². The van der Waals surface area contributed by atoms with Gasteiger partial charge in [0.2, 0.25) is 0 Å². The van der Waals surface area contributed by atoms with Crippen LogP contribution < -0.4 is 0 Å². The van der Waals surface area contributed by atoms with Gasteiger partial charge >= 0.3 is 0 Å². The third kappa shape index (κ3) is 2.41. The maximum Gasteiger partial charge on any atom is 0.118 e. The Kier molecular flexibility index (Phi) is 3.67. The molecule has 0 saturated heterocycles. The van der Waals surface area contributed by atoms with Crippen molar-refractivity contribution in [3.8, 4) is 0 Å². The molecule has 0 atom stereocenters. The lowest BCUT2D eigenvalue weighted by Crippen LogP contribution is -1.88. The molecule has 0 aliphatic carbocycles. The summed E-state index contributed by atoms with van der Waals surface area (Å²) in [5.74, 6) is 0. The molecule has 72 valence electrons. The van der Waals surface area contributed by atoms with Crippen LogP contribution in [0.15, 0.2) is 6.58 Å². The van der Waals surface area contributed by atoms with E-state index in [-0.39, 0.29) is 0 Å². The highest BCUT2D eigenvalue weighted by molar-refractivity contribution is 7.12. The van der Waals surface area contributed by atoms with E-state index in [1.807, 2.05) is 6.92 Å². The molecule has 0 radical (unpaired) electrons. The molecule has 13 heavy (non-hydrogen) atoms. The van der Waals surface area contributed by atoms with E-state index in [0.29, 0.717) is 0 Å².